The van der Waals surface area contributed by atoms with E-state index in [1.165, 1.54) is 0 Å². The topological polar surface area (TPSA) is 53.4 Å². The third-order valence-electron chi connectivity index (χ3n) is 4.54. The molecule has 0 aliphatic carbocycles. The molecule has 4 heteroatoms. The van der Waals surface area contributed by atoms with Gasteiger partial charge in [-0.1, -0.05) is 30.3 Å². The number of hydrogen-bond acceptors (Lipinski definition) is 3. The molecule has 2 aromatic rings. The summed E-state index contributed by atoms with van der Waals surface area (Å²) in [6.45, 7) is 3.30. The number of pyridine rings is 1. The van der Waals surface area contributed by atoms with Gasteiger partial charge in [0.1, 0.15) is 0 Å². The number of aryl methyl sites for hydroxylation is 1. The number of aliphatic hydroxyl groups is 1. The van der Waals surface area contributed by atoms with E-state index in [0.29, 0.717) is 18.7 Å². The molecule has 4 nitrogen and oxygen atoms in total. The van der Waals surface area contributed by atoms with E-state index in [0.717, 1.165) is 24.0 Å². The number of likely N-dealkylation sites (tertiary alicyclic amines) is 1. The number of carbonyl (C=O) groups is 1. The lowest BCUT2D eigenvalue weighted by molar-refractivity contribution is 0.0462. The Morgan fingerprint density at radius 3 is 2.57 bits per heavy atom. The first-order chi connectivity index (χ1) is 11.1. The van der Waals surface area contributed by atoms with Crippen LogP contribution in [0.3, 0.4) is 0 Å². The van der Waals surface area contributed by atoms with Gasteiger partial charge in [-0.05, 0) is 42.9 Å². The lowest BCUT2D eigenvalue weighted by Crippen LogP contribution is -2.39. The van der Waals surface area contributed by atoms with Crippen LogP contribution < -0.4 is 0 Å². The Labute approximate surface area is 136 Å². The second-order valence-electron chi connectivity index (χ2n) is 6.24. The highest BCUT2D eigenvalue weighted by Gasteiger charge is 2.28. The molecule has 120 valence electrons. The molecule has 23 heavy (non-hydrogen) atoms. The van der Waals surface area contributed by atoms with Gasteiger partial charge in [-0.3, -0.25) is 9.78 Å². The van der Waals surface area contributed by atoms with Crippen molar-refractivity contribution in [2.75, 3.05) is 13.1 Å². The molecular weight excluding hydrogens is 288 g/mol. The zero-order valence-corrected chi connectivity index (χ0v) is 13.4. The predicted molar refractivity (Wildman–Crippen MR) is 89.0 cm³/mol. The largest absolute Gasteiger partial charge is 0.388 e. The van der Waals surface area contributed by atoms with Crippen molar-refractivity contribution < 1.29 is 9.90 Å². The van der Waals surface area contributed by atoms with Gasteiger partial charge in [0, 0.05) is 25.5 Å². The van der Waals surface area contributed by atoms with Crippen LogP contribution in [0.1, 0.15) is 40.4 Å². The van der Waals surface area contributed by atoms with Crippen molar-refractivity contribution >= 4 is 5.91 Å². The van der Waals surface area contributed by atoms with Crippen molar-refractivity contribution in [1.29, 1.82) is 0 Å². The fraction of sp³-hybridized carbons (Fsp3) is 0.368. The molecule has 0 spiro atoms. The quantitative estimate of drug-likeness (QED) is 0.948. The second-order valence-corrected chi connectivity index (χ2v) is 6.24. The first-order valence-electron chi connectivity index (χ1n) is 8.09. The zero-order chi connectivity index (χ0) is 16.2. The smallest absolute Gasteiger partial charge is 0.255 e. The van der Waals surface area contributed by atoms with E-state index < -0.39 is 6.10 Å². The molecule has 1 aliphatic rings. The molecule has 1 aromatic carbocycles. The fourth-order valence-corrected chi connectivity index (χ4v) is 3.20. The molecule has 3 rings (SSSR count). The van der Waals surface area contributed by atoms with Gasteiger partial charge in [0.05, 0.1) is 11.7 Å². The van der Waals surface area contributed by atoms with Gasteiger partial charge in [-0.25, -0.2) is 0 Å². The van der Waals surface area contributed by atoms with Crippen LogP contribution in [0.4, 0.5) is 0 Å². The Morgan fingerprint density at radius 1 is 1.22 bits per heavy atom. The number of piperidine rings is 1. The summed E-state index contributed by atoms with van der Waals surface area (Å²) in [6, 6.07) is 11.6. The van der Waals surface area contributed by atoms with Gasteiger partial charge in [0.15, 0.2) is 0 Å². The lowest BCUT2D eigenvalue weighted by Gasteiger charge is -2.34. The number of aromatic nitrogens is 1. The molecule has 1 aliphatic heterocycles. The van der Waals surface area contributed by atoms with Gasteiger partial charge in [-0.2, -0.15) is 0 Å². The number of aliphatic hydroxyl groups excluding tert-OH is 1. The summed E-state index contributed by atoms with van der Waals surface area (Å²) in [5.74, 6) is 0.242. The summed E-state index contributed by atoms with van der Waals surface area (Å²) in [5, 5.41) is 10.5. The minimum absolute atomic E-state index is 0.0360. The summed E-state index contributed by atoms with van der Waals surface area (Å²) in [7, 11) is 0. The second kappa shape index (κ2) is 6.92. The lowest BCUT2D eigenvalue weighted by atomic mass is 9.87. The van der Waals surface area contributed by atoms with E-state index >= 15 is 0 Å². The Morgan fingerprint density at radius 2 is 1.91 bits per heavy atom. The maximum atomic E-state index is 12.5. The standard InChI is InChI=1S/C19H22N2O2/c1-14-11-17(13-20-12-14)19(23)21-9-7-16(8-10-21)18(22)15-5-3-2-4-6-15/h2-6,11-13,16,18,22H,7-10H2,1H3. The average Bonchev–Trinajstić information content (AvgIpc) is 2.61. The number of nitrogens with zero attached hydrogens (tertiary/aromatic N) is 2. The highest BCUT2D eigenvalue weighted by atomic mass is 16.3. The molecule has 1 unspecified atom stereocenters. The van der Waals surface area contributed by atoms with Crippen molar-refractivity contribution in [3.8, 4) is 0 Å². The van der Waals surface area contributed by atoms with Crippen LogP contribution in [0.25, 0.3) is 0 Å². The van der Waals surface area contributed by atoms with Crippen LogP contribution in [0.15, 0.2) is 48.8 Å². The third kappa shape index (κ3) is 3.59. The minimum atomic E-state index is -0.450. The van der Waals surface area contributed by atoms with E-state index in [-0.39, 0.29) is 11.8 Å². The van der Waals surface area contributed by atoms with Crippen LogP contribution in [-0.2, 0) is 0 Å². The SMILES string of the molecule is Cc1cncc(C(=O)N2CCC(C(O)c3ccccc3)CC2)c1. The molecule has 2 heterocycles. The minimum Gasteiger partial charge on any atom is -0.388 e. The normalized spacial score (nSPS) is 17.0. The summed E-state index contributed by atoms with van der Waals surface area (Å²) in [4.78, 5) is 18.5. The van der Waals surface area contributed by atoms with E-state index in [1.807, 2.05) is 48.2 Å². The molecule has 1 saturated heterocycles. The van der Waals surface area contributed by atoms with Gasteiger partial charge < -0.3 is 10.0 Å². The Bertz CT molecular complexity index is 664. The number of benzene rings is 1. The maximum absolute atomic E-state index is 12.5. The Balaban J connectivity index is 1.61. The van der Waals surface area contributed by atoms with Crippen molar-refractivity contribution in [3.63, 3.8) is 0 Å². The molecule has 0 bridgehead atoms. The molecule has 1 aromatic heterocycles. The predicted octanol–water partition coefficient (Wildman–Crippen LogP) is 2.98. The maximum Gasteiger partial charge on any atom is 0.255 e. The molecule has 1 amide bonds. The van der Waals surface area contributed by atoms with Gasteiger partial charge in [0.25, 0.3) is 5.91 Å². The number of rotatable bonds is 3. The van der Waals surface area contributed by atoms with Gasteiger partial charge in [0.2, 0.25) is 0 Å². The molecule has 1 N–H and O–H groups in total. The first-order valence-corrected chi connectivity index (χ1v) is 8.09. The summed E-state index contributed by atoms with van der Waals surface area (Å²) in [6.07, 6.45) is 4.57. The monoisotopic (exact) mass is 310 g/mol. The van der Waals surface area contributed by atoms with Crippen LogP contribution in [0.5, 0.6) is 0 Å². The van der Waals surface area contributed by atoms with Crippen molar-refractivity contribution in [2.24, 2.45) is 5.92 Å². The van der Waals surface area contributed by atoms with E-state index in [2.05, 4.69) is 4.98 Å². The van der Waals surface area contributed by atoms with E-state index in [1.54, 1.807) is 12.4 Å². The third-order valence-corrected chi connectivity index (χ3v) is 4.54. The number of hydrogen-bond donors (Lipinski definition) is 1. The Kier molecular flexibility index (Phi) is 4.72. The van der Waals surface area contributed by atoms with Crippen LogP contribution >= 0.6 is 0 Å². The fourth-order valence-electron chi connectivity index (χ4n) is 3.20. The summed E-state index contributed by atoms with van der Waals surface area (Å²) < 4.78 is 0. The van der Waals surface area contributed by atoms with E-state index in [4.69, 9.17) is 0 Å². The Hall–Kier alpha value is -2.20. The summed E-state index contributed by atoms with van der Waals surface area (Å²) >= 11 is 0. The van der Waals surface area contributed by atoms with Crippen LogP contribution in [0.2, 0.25) is 0 Å². The average molecular weight is 310 g/mol. The van der Waals surface area contributed by atoms with Crippen molar-refractivity contribution in [1.82, 2.24) is 9.88 Å². The van der Waals surface area contributed by atoms with Gasteiger partial charge in [-0.15, -0.1) is 0 Å². The van der Waals surface area contributed by atoms with Crippen LogP contribution in [0, 0.1) is 12.8 Å². The molecule has 0 saturated carbocycles. The first kappa shape index (κ1) is 15.7. The highest BCUT2D eigenvalue weighted by Crippen LogP contribution is 2.31. The molecular formula is C19H22N2O2. The number of carbonyl (C=O) groups excluding carboxylic acids is 1. The zero-order valence-electron chi connectivity index (χ0n) is 13.4. The van der Waals surface area contributed by atoms with Crippen molar-refractivity contribution in [3.05, 3.63) is 65.5 Å². The number of amides is 1. The van der Waals surface area contributed by atoms with Crippen LogP contribution in [-0.4, -0.2) is 34.0 Å². The highest BCUT2D eigenvalue weighted by molar-refractivity contribution is 5.94. The molecule has 0 radical (unpaired) electrons. The van der Waals surface area contributed by atoms with E-state index in [9.17, 15) is 9.90 Å². The van der Waals surface area contributed by atoms with Gasteiger partial charge >= 0.3 is 0 Å². The van der Waals surface area contributed by atoms with Crippen molar-refractivity contribution in [2.45, 2.75) is 25.9 Å². The molecule has 1 fully saturated rings. The summed E-state index contributed by atoms with van der Waals surface area (Å²) in [5.41, 5.74) is 2.59. The molecule has 1 atom stereocenters.